The lowest BCUT2D eigenvalue weighted by atomic mass is 10.0. The Hall–Kier alpha value is -2.10. The van der Waals surface area contributed by atoms with E-state index in [1.165, 1.54) is 57.8 Å². The highest BCUT2D eigenvalue weighted by molar-refractivity contribution is 5.69. The van der Waals surface area contributed by atoms with Crippen molar-refractivity contribution in [2.24, 2.45) is 0 Å². The van der Waals surface area contributed by atoms with Crippen LogP contribution >= 0.6 is 0 Å². The maximum Gasteiger partial charge on any atom is 0.306 e. The molecule has 0 amide bonds. The quantitative estimate of drug-likeness (QED) is 0.0528. The molecule has 0 saturated carbocycles. The third-order valence-corrected chi connectivity index (χ3v) is 7.32. The summed E-state index contributed by atoms with van der Waals surface area (Å²) < 4.78 is 5.76. The van der Waals surface area contributed by atoms with Crippen LogP contribution in [0.1, 0.15) is 168 Å². The first-order valence-electron chi connectivity index (χ1n) is 17.1. The number of esters is 1. The maximum absolute atomic E-state index is 12.3. The van der Waals surface area contributed by atoms with E-state index in [0.29, 0.717) is 12.8 Å². The van der Waals surface area contributed by atoms with Crippen LogP contribution in [0.5, 0.6) is 0 Å². The topological polar surface area (TPSA) is 63.6 Å². The minimum Gasteiger partial charge on any atom is -0.481 e. The van der Waals surface area contributed by atoms with Crippen molar-refractivity contribution in [1.29, 1.82) is 0 Å². The molecule has 0 fully saturated rings. The summed E-state index contributed by atoms with van der Waals surface area (Å²) in [5.74, 6) is -0.787. The van der Waals surface area contributed by atoms with Gasteiger partial charge in [0.1, 0.15) is 6.10 Å². The summed E-state index contributed by atoms with van der Waals surface area (Å²) in [4.78, 5) is 22.9. The Morgan fingerprint density at radius 1 is 0.561 bits per heavy atom. The molecule has 0 aromatic heterocycles. The van der Waals surface area contributed by atoms with E-state index in [1.807, 2.05) is 0 Å². The average molecular weight is 573 g/mol. The Morgan fingerprint density at radius 3 is 1.59 bits per heavy atom. The van der Waals surface area contributed by atoms with Gasteiger partial charge in [0.2, 0.25) is 0 Å². The summed E-state index contributed by atoms with van der Waals surface area (Å²) in [6.07, 6.45) is 43.2. The molecule has 0 heterocycles. The molecule has 0 aliphatic carbocycles. The lowest BCUT2D eigenvalue weighted by Crippen LogP contribution is -2.18. The van der Waals surface area contributed by atoms with Crippen LogP contribution in [0.3, 0.4) is 0 Å². The van der Waals surface area contributed by atoms with Crippen molar-refractivity contribution in [2.45, 2.75) is 174 Å². The Balaban J connectivity index is 3.57. The van der Waals surface area contributed by atoms with Crippen LogP contribution in [0, 0.1) is 0 Å². The maximum atomic E-state index is 12.3. The molecule has 41 heavy (non-hydrogen) atoms. The lowest BCUT2D eigenvalue weighted by molar-refractivity contribution is -0.150. The number of carbonyl (C=O) groups excluding carboxylic acids is 1. The number of carbonyl (C=O) groups is 2. The molecule has 1 unspecified atom stereocenters. The zero-order chi connectivity index (χ0) is 30.1. The molecule has 1 atom stereocenters. The van der Waals surface area contributed by atoms with Gasteiger partial charge in [-0.2, -0.15) is 0 Å². The molecular formula is C37H64O4. The van der Waals surface area contributed by atoms with Crippen LogP contribution in [0.25, 0.3) is 0 Å². The zero-order valence-electron chi connectivity index (χ0n) is 26.8. The fourth-order valence-corrected chi connectivity index (χ4v) is 4.81. The van der Waals surface area contributed by atoms with Crippen LogP contribution in [-0.2, 0) is 14.3 Å². The number of aliphatic carboxylic acids is 1. The van der Waals surface area contributed by atoms with E-state index >= 15 is 0 Å². The molecule has 0 bridgehead atoms. The molecule has 4 heteroatoms. The van der Waals surface area contributed by atoms with Gasteiger partial charge in [-0.1, -0.05) is 133 Å². The first kappa shape index (κ1) is 38.9. The molecule has 0 aliphatic heterocycles. The summed E-state index contributed by atoms with van der Waals surface area (Å²) in [6.45, 7) is 4.32. The van der Waals surface area contributed by atoms with Crippen molar-refractivity contribution in [1.82, 2.24) is 0 Å². The SMILES string of the molecule is CC/C=C\C/C=C\C/C=C\C/C=C\CCCCCCCCCCCCC(=O)OC(CCCC)CCCCCC(=O)O. The summed E-state index contributed by atoms with van der Waals surface area (Å²) >= 11 is 0. The lowest BCUT2D eigenvalue weighted by Gasteiger charge is -2.17. The Bertz CT molecular complexity index is 704. The van der Waals surface area contributed by atoms with Crippen molar-refractivity contribution >= 4 is 11.9 Å². The van der Waals surface area contributed by atoms with Crippen molar-refractivity contribution in [3.63, 3.8) is 0 Å². The summed E-state index contributed by atoms with van der Waals surface area (Å²) in [5.41, 5.74) is 0. The van der Waals surface area contributed by atoms with Crippen LogP contribution in [-0.4, -0.2) is 23.1 Å². The minimum absolute atomic E-state index is 0.00110. The van der Waals surface area contributed by atoms with Crippen LogP contribution in [0.15, 0.2) is 48.6 Å². The van der Waals surface area contributed by atoms with Gasteiger partial charge in [0.05, 0.1) is 0 Å². The van der Waals surface area contributed by atoms with Gasteiger partial charge in [0, 0.05) is 12.8 Å². The van der Waals surface area contributed by atoms with Crippen LogP contribution in [0.2, 0.25) is 0 Å². The third kappa shape index (κ3) is 32.3. The number of ether oxygens (including phenoxy) is 1. The van der Waals surface area contributed by atoms with Gasteiger partial charge in [-0.15, -0.1) is 0 Å². The first-order valence-corrected chi connectivity index (χ1v) is 17.1. The summed E-state index contributed by atoms with van der Waals surface area (Å²) in [6, 6.07) is 0. The van der Waals surface area contributed by atoms with Gasteiger partial charge in [-0.3, -0.25) is 9.59 Å². The highest BCUT2D eigenvalue weighted by atomic mass is 16.5. The van der Waals surface area contributed by atoms with Gasteiger partial charge in [0.25, 0.3) is 0 Å². The van der Waals surface area contributed by atoms with Crippen molar-refractivity contribution in [2.75, 3.05) is 0 Å². The molecule has 0 rings (SSSR count). The molecule has 0 radical (unpaired) electrons. The minimum atomic E-state index is -0.733. The van der Waals surface area contributed by atoms with Crippen molar-refractivity contribution in [3.8, 4) is 0 Å². The van der Waals surface area contributed by atoms with Crippen molar-refractivity contribution < 1.29 is 19.4 Å². The van der Waals surface area contributed by atoms with Crippen molar-refractivity contribution in [3.05, 3.63) is 48.6 Å². The number of carboxylic acid groups (broad SMARTS) is 1. The smallest absolute Gasteiger partial charge is 0.306 e. The highest BCUT2D eigenvalue weighted by Gasteiger charge is 2.14. The predicted molar refractivity (Wildman–Crippen MR) is 176 cm³/mol. The molecule has 1 N–H and O–H groups in total. The predicted octanol–water partition coefficient (Wildman–Crippen LogP) is 11.6. The molecule has 0 aliphatic rings. The van der Waals surface area contributed by atoms with E-state index < -0.39 is 5.97 Å². The summed E-state index contributed by atoms with van der Waals surface area (Å²) in [5, 5.41) is 8.75. The summed E-state index contributed by atoms with van der Waals surface area (Å²) in [7, 11) is 0. The van der Waals surface area contributed by atoms with Gasteiger partial charge in [0.15, 0.2) is 0 Å². The van der Waals surface area contributed by atoms with Crippen LogP contribution in [0.4, 0.5) is 0 Å². The van der Waals surface area contributed by atoms with E-state index in [2.05, 4.69) is 62.5 Å². The van der Waals surface area contributed by atoms with Crippen LogP contribution < -0.4 is 0 Å². The second-order valence-electron chi connectivity index (χ2n) is 11.3. The van der Waals surface area contributed by atoms with Gasteiger partial charge < -0.3 is 9.84 Å². The molecular weight excluding hydrogens is 508 g/mol. The fraction of sp³-hybridized carbons (Fsp3) is 0.730. The number of rotatable bonds is 30. The van der Waals surface area contributed by atoms with Gasteiger partial charge >= 0.3 is 11.9 Å². The molecule has 0 spiro atoms. The number of hydrogen-bond donors (Lipinski definition) is 1. The van der Waals surface area contributed by atoms with E-state index in [1.54, 1.807) is 0 Å². The molecule has 0 aromatic rings. The Labute approximate surface area is 253 Å². The standard InChI is InChI=1S/C37H64O4/c1-3-5-7-8-9-10-11-12-13-14-15-16-17-18-19-20-21-22-23-24-25-26-30-34-37(40)41-35(31-6-4-2)32-28-27-29-33-36(38)39/h5,7,9-10,12-13,15-16,35H,3-4,6,8,11,14,17-34H2,1-2H3,(H,38,39)/b7-5-,10-9-,13-12-,16-15-. The second-order valence-corrected chi connectivity index (χ2v) is 11.3. The molecule has 0 aromatic carbocycles. The van der Waals surface area contributed by atoms with E-state index in [9.17, 15) is 9.59 Å². The molecule has 236 valence electrons. The molecule has 4 nitrogen and oxygen atoms in total. The first-order chi connectivity index (χ1) is 20.1. The second kappa shape index (κ2) is 32.4. The van der Waals surface area contributed by atoms with E-state index in [-0.39, 0.29) is 18.5 Å². The van der Waals surface area contributed by atoms with Gasteiger partial charge in [-0.25, -0.2) is 0 Å². The fourth-order valence-electron chi connectivity index (χ4n) is 4.81. The van der Waals surface area contributed by atoms with Gasteiger partial charge in [-0.05, 0) is 70.6 Å². The number of unbranched alkanes of at least 4 members (excludes halogenated alkanes) is 13. The number of allylic oxidation sites excluding steroid dienone is 8. The zero-order valence-corrected chi connectivity index (χ0v) is 26.8. The Morgan fingerprint density at radius 2 is 1.02 bits per heavy atom. The van der Waals surface area contributed by atoms with E-state index in [4.69, 9.17) is 9.84 Å². The molecule has 0 saturated heterocycles. The monoisotopic (exact) mass is 572 g/mol. The Kier molecular flexibility index (Phi) is 30.8. The normalized spacial score (nSPS) is 12.8. The number of hydrogen-bond acceptors (Lipinski definition) is 3. The highest BCUT2D eigenvalue weighted by Crippen LogP contribution is 2.17. The van der Waals surface area contributed by atoms with E-state index in [0.717, 1.165) is 77.0 Å². The largest absolute Gasteiger partial charge is 0.481 e. The average Bonchev–Trinajstić information content (AvgIpc) is 2.95. The number of carboxylic acids is 1. The third-order valence-electron chi connectivity index (χ3n) is 7.32.